The second kappa shape index (κ2) is 10.3. The molecule has 0 spiro atoms. The topological polar surface area (TPSA) is 58.2 Å². The Labute approximate surface area is 175 Å². The number of thioether (sulfide) groups is 1. The number of anilines is 1. The van der Waals surface area contributed by atoms with Gasteiger partial charge >= 0.3 is 0 Å². The predicted molar refractivity (Wildman–Crippen MR) is 119 cm³/mol. The van der Waals surface area contributed by atoms with Crippen molar-refractivity contribution < 1.29 is 9.59 Å². The van der Waals surface area contributed by atoms with Crippen molar-refractivity contribution in [3.63, 3.8) is 0 Å². The van der Waals surface area contributed by atoms with E-state index in [9.17, 15) is 9.59 Å². The third-order valence-electron chi connectivity index (χ3n) is 4.20. The standard InChI is InChI=1S/C24H22N2O2S/c1-2-16-25-23(27)19-12-6-8-14-21(19)26-24(28)20-13-7-9-15-22(20)29-17-18-10-4-3-5-11-18/h2-15H,1,16-17H2,(H,25,27)(H,26,28). The normalized spacial score (nSPS) is 10.2. The Kier molecular flexibility index (Phi) is 7.25. The Morgan fingerprint density at radius 1 is 0.828 bits per heavy atom. The van der Waals surface area contributed by atoms with Gasteiger partial charge in [0.2, 0.25) is 0 Å². The molecule has 0 aliphatic rings. The van der Waals surface area contributed by atoms with Gasteiger partial charge in [-0.05, 0) is 29.8 Å². The zero-order valence-electron chi connectivity index (χ0n) is 15.9. The summed E-state index contributed by atoms with van der Waals surface area (Å²) in [4.78, 5) is 26.2. The first kappa shape index (κ1) is 20.4. The van der Waals surface area contributed by atoms with Gasteiger partial charge in [0.05, 0.1) is 16.8 Å². The minimum atomic E-state index is -0.257. The predicted octanol–water partition coefficient (Wildman–Crippen LogP) is 5.15. The third-order valence-corrected chi connectivity index (χ3v) is 5.34. The molecule has 2 amide bonds. The first-order chi connectivity index (χ1) is 14.2. The number of rotatable bonds is 8. The van der Waals surface area contributed by atoms with Crippen LogP contribution in [0.5, 0.6) is 0 Å². The zero-order chi connectivity index (χ0) is 20.5. The van der Waals surface area contributed by atoms with E-state index in [0.29, 0.717) is 23.4 Å². The number of carbonyl (C=O) groups excluding carboxylic acids is 2. The van der Waals surface area contributed by atoms with E-state index in [1.165, 1.54) is 5.56 Å². The molecule has 3 aromatic rings. The van der Waals surface area contributed by atoms with Gasteiger partial charge in [-0.1, -0.05) is 60.7 Å². The van der Waals surface area contributed by atoms with Gasteiger partial charge < -0.3 is 10.6 Å². The molecule has 3 rings (SSSR count). The molecule has 0 unspecified atom stereocenters. The van der Waals surface area contributed by atoms with E-state index in [1.807, 2.05) is 36.4 Å². The van der Waals surface area contributed by atoms with Crippen molar-refractivity contribution in [1.82, 2.24) is 5.32 Å². The lowest BCUT2D eigenvalue weighted by molar-refractivity contribution is 0.0959. The Balaban J connectivity index is 1.77. The molecule has 29 heavy (non-hydrogen) atoms. The van der Waals surface area contributed by atoms with E-state index in [4.69, 9.17) is 0 Å². The number of amides is 2. The van der Waals surface area contributed by atoms with Crippen LogP contribution in [0.1, 0.15) is 26.3 Å². The van der Waals surface area contributed by atoms with E-state index < -0.39 is 0 Å². The molecule has 0 fully saturated rings. The maximum Gasteiger partial charge on any atom is 0.256 e. The Morgan fingerprint density at radius 3 is 2.24 bits per heavy atom. The number of carbonyl (C=O) groups is 2. The molecule has 0 bridgehead atoms. The molecule has 4 nitrogen and oxygen atoms in total. The van der Waals surface area contributed by atoms with E-state index in [1.54, 1.807) is 48.2 Å². The van der Waals surface area contributed by atoms with E-state index in [2.05, 4.69) is 29.3 Å². The van der Waals surface area contributed by atoms with Gasteiger partial charge in [-0.2, -0.15) is 0 Å². The number of benzene rings is 3. The van der Waals surface area contributed by atoms with Gasteiger partial charge in [0.1, 0.15) is 0 Å². The second-order valence-corrected chi connectivity index (χ2v) is 7.29. The summed E-state index contributed by atoms with van der Waals surface area (Å²) in [6.07, 6.45) is 1.61. The van der Waals surface area contributed by atoms with Crippen molar-refractivity contribution in [2.45, 2.75) is 10.6 Å². The molecular weight excluding hydrogens is 380 g/mol. The Bertz CT molecular complexity index is 1000. The number of hydrogen-bond donors (Lipinski definition) is 2. The van der Waals surface area contributed by atoms with Crippen LogP contribution in [0.4, 0.5) is 5.69 Å². The summed E-state index contributed by atoms with van der Waals surface area (Å²) >= 11 is 1.61. The zero-order valence-corrected chi connectivity index (χ0v) is 16.7. The molecule has 0 atom stereocenters. The van der Waals surface area contributed by atoms with Crippen LogP contribution in [-0.4, -0.2) is 18.4 Å². The van der Waals surface area contributed by atoms with Crippen LogP contribution < -0.4 is 10.6 Å². The summed E-state index contributed by atoms with van der Waals surface area (Å²) in [7, 11) is 0. The highest BCUT2D eigenvalue weighted by molar-refractivity contribution is 7.98. The number of para-hydroxylation sites is 1. The smallest absolute Gasteiger partial charge is 0.256 e. The van der Waals surface area contributed by atoms with Gasteiger partial charge in [-0.15, -0.1) is 18.3 Å². The van der Waals surface area contributed by atoms with Crippen LogP contribution in [-0.2, 0) is 5.75 Å². The first-order valence-corrected chi connectivity index (χ1v) is 10.2. The van der Waals surface area contributed by atoms with Crippen molar-refractivity contribution >= 4 is 29.3 Å². The maximum atomic E-state index is 13.0. The summed E-state index contributed by atoms with van der Waals surface area (Å²) < 4.78 is 0. The molecule has 5 heteroatoms. The van der Waals surface area contributed by atoms with Crippen LogP contribution in [0.2, 0.25) is 0 Å². The fourth-order valence-corrected chi connectivity index (χ4v) is 3.76. The van der Waals surface area contributed by atoms with Gasteiger partial charge in [0.25, 0.3) is 11.8 Å². The monoisotopic (exact) mass is 402 g/mol. The van der Waals surface area contributed by atoms with Crippen LogP contribution in [0.15, 0.2) is 96.4 Å². The van der Waals surface area contributed by atoms with Crippen LogP contribution in [0, 0.1) is 0 Å². The fraction of sp³-hybridized carbons (Fsp3) is 0.0833. The van der Waals surface area contributed by atoms with E-state index in [-0.39, 0.29) is 11.8 Å². The Morgan fingerprint density at radius 2 is 1.48 bits per heavy atom. The molecule has 0 heterocycles. The summed E-state index contributed by atoms with van der Waals surface area (Å²) in [6, 6.07) is 24.6. The summed E-state index contributed by atoms with van der Waals surface area (Å²) in [5.41, 5.74) is 2.66. The van der Waals surface area contributed by atoms with Crippen LogP contribution in [0.25, 0.3) is 0 Å². The lowest BCUT2D eigenvalue weighted by atomic mass is 10.1. The molecule has 0 aliphatic heterocycles. The molecular formula is C24H22N2O2S. The molecule has 0 radical (unpaired) electrons. The quantitative estimate of drug-likeness (QED) is 0.405. The first-order valence-electron chi connectivity index (χ1n) is 9.24. The second-order valence-electron chi connectivity index (χ2n) is 6.27. The largest absolute Gasteiger partial charge is 0.349 e. The van der Waals surface area contributed by atoms with E-state index >= 15 is 0 Å². The molecule has 2 N–H and O–H groups in total. The Hall–Kier alpha value is -3.31. The van der Waals surface area contributed by atoms with Gasteiger partial charge in [-0.25, -0.2) is 0 Å². The average molecular weight is 403 g/mol. The lowest BCUT2D eigenvalue weighted by Gasteiger charge is -2.13. The lowest BCUT2D eigenvalue weighted by Crippen LogP contribution is -2.25. The highest BCUT2D eigenvalue weighted by atomic mass is 32.2. The summed E-state index contributed by atoms with van der Waals surface area (Å²) in [5, 5.41) is 5.62. The number of hydrogen-bond acceptors (Lipinski definition) is 3. The molecule has 0 saturated heterocycles. The van der Waals surface area contributed by atoms with Gasteiger partial charge in [0.15, 0.2) is 0 Å². The third kappa shape index (κ3) is 5.59. The van der Waals surface area contributed by atoms with Gasteiger partial charge in [0, 0.05) is 17.2 Å². The average Bonchev–Trinajstić information content (AvgIpc) is 2.77. The summed E-state index contributed by atoms with van der Waals surface area (Å²) in [5.74, 6) is 0.267. The number of nitrogens with one attached hydrogen (secondary N) is 2. The minimum absolute atomic E-state index is 0.245. The highest BCUT2D eigenvalue weighted by Gasteiger charge is 2.16. The van der Waals surface area contributed by atoms with Crippen LogP contribution in [0.3, 0.4) is 0 Å². The SMILES string of the molecule is C=CCNC(=O)c1ccccc1NC(=O)c1ccccc1SCc1ccccc1. The van der Waals surface area contributed by atoms with Crippen molar-refractivity contribution in [2.75, 3.05) is 11.9 Å². The maximum absolute atomic E-state index is 13.0. The van der Waals surface area contributed by atoms with Crippen molar-refractivity contribution in [3.05, 3.63) is 108 Å². The van der Waals surface area contributed by atoms with E-state index in [0.717, 1.165) is 10.6 Å². The van der Waals surface area contributed by atoms with Crippen molar-refractivity contribution in [2.24, 2.45) is 0 Å². The fourth-order valence-electron chi connectivity index (χ4n) is 2.76. The molecule has 146 valence electrons. The highest BCUT2D eigenvalue weighted by Crippen LogP contribution is 2.27. The molecule has 0 aromatic heterocycles. The van der Waals surface area contributed by atoms with Crippen molar-refractivity contribution in [1.29, 1.82) is 0 Å². The molecule has 0 aliphatic carbocycles. The summed E-state index contributed by atoms with van der Waals surface area (Å²) in [6.45, 7) is 3.96. The van der Waals surface area contributed by atoms with Gasteiger partial charge in [-0.3, -0.25) is 9.59 Å². The minimum Gasteiger partial charge on any atom is -0.349 e. The molecule has 3 aromatic carbocycles. The van der Waals surface area contributed by atoms with Crippen LogP contribution >= 0.6 is 11.8 Å². The molecule has 0 saturated carbocycles. The van der Waals surface area contributed by atoms with Crippen molar-refractivity contribution in [3.8, 4) is 0 Å².